The third kappa shape index (κ3) is 3.35. The normalized spacial score (nSPS) is 17.4. The lowest BCUT2D eigenvalue weighted by molar-refractivity contribution is -0.122. The number of hydrogen-bond acceptors (Lipinski definition) is 2. The third-order valence-electron chi connectivity index (χ3n) is 3.77. The summed E-state index contributed by atoms with van der Waals surface area (Å²) >= 11 is 6.02. The fraction of sp³-hybridized carbons (Fsp3) is 0.176. The highest BCUT2D eigenvalue weighted by molar-refractivity contribution is 6.33. The summed E-state index contributed by atoms with van der Waals surface area (Å²) in [6, 6.07) is 12.6. The van der Waals surface area contributed by atoms with Crippen LogP contribution >= 0.6 is 11.6 Å². The van der Waals surface area contributed by atoms with Gasteiger partial charge in [-0.15, -0.1) is 0 Å². The fourth-order valence-electron chi connectivity index (χ4n) is 2.55. The van der Waals surface area contributed by atoms with Crippen molar-refractivity contribution < 1.29 is 14.0 Å². The molecule has 0 unspecified atom stereocenters. The second-order valence-corrected chi connectivity index (χ2v) is 5.76. The largest absolute Gasteiger partial charge is 0.324 e. The number of anilines is 2. The van der Waals surface area contributed by atoms with Gasteiger partial charge < -0.3 is 10.2 Å². The molecule has 1 atom stereocenters. The van der Waals surface area contributed by atoms with E-state index in [0.29, 0.717) is 16.4 Å². The molecule has 1 aliphatic heterocycles. The van der Waals surface area contributed by atoms with Gasteiger partial charge >= 0.3 is 0 Å². The molecular formula is C17H14ClFN2O2. The zero-order valence-electron chi connectivity index (χ0n) is 12.1. The molecule has 23 heavy (non-hydrogen) atoms. The number of nitrogens with zero attached hydrogens (tertiary/aromatic N) is 1. The summed E-state index contributed by atoms with van der Waals surface area (Å²) in [5, 5.41) is 3.19. The Kier molecular flexibility index (Phi) is 4.30. The maximum Gasteiger partial charge on any atom is 0.229 e. The Bertz CT molecular complexity index is 749. The smallest absolute Gasteiger partial charge is 0.229 e. The number of hydrogen-bond donors (Lipinski definition) is 1. The molecule has 6 heteroatoms. The van der Waals surface area contributed by atoms with E-state index < -0.39 is 5.92 Å². The molecule has 118 valence electrons. The van der Waals surface area contributed by atoms with E-state index in [-0.39, 0.29) is 30.6 Å². The van der Waals surface area contributed by atoms with E-state index in [9.17, 15) is 14.0 Å². The summed E-state index contributed by atoms with van der Waals surface area (Å²) < 4.78 is 13.0. The summed E-state index contributed by atoms with van der Waals surface area (Å²) in [6.45, 7) is 0.265. The Hall–Kier alpha value is -2.40. The van der Waals surface area contributed by atoms with Gasteiger partial charge in [-0.1, -0.05) is 23.7 Å². The van der Waals surface area contributed by atoms with Crippen molar-refractivity contribution in [2.45, 2.75) is 6.42 Å². The first kappa shape index (κ1) is 15.5. The number of benzene rings is 2. The van der Waals surface area contributed by atoms with Gasteiger partial charge in [0.15, 0.2) is 0 Å². The van der Waals surface area contributed by atoms with Gasteiger partial charge in [0.1, 0.15) is 5.82 Å². The number of halogens is 2. The van der Waals surface area contributed by atoms with Crippen molar-refractivity contribution in [3.8, 4) is 0 Å². The van der Waals surface area contributed by atoms with E-state index in [4.69, 9.17) is 11.6 Å². The first-order valence-corrected chi connectivity index (χ1v) is 7.54. The van der Waals surface area contributed by atoms with E-state index in [1.54, 1.807) is 24.3 Å². The van der Waals surface area contributed by atoms with Gasteiger partial charge in [0.25, 0.3) is 0 Å². The van der Waals surface area contributed by atoms with Gasteiger partial charge in [0.05, 0.1) is 16.6 Å². The zero-order valence-corrected chi connectivity index (χ0v) is 12.9. The number of carbonyl (C=O) groups is 2. The predicted octanol–water partition coefficient (Wildman–Crippen LogP) is 3.47. The summed E-state index contributed by atoms with van der Waals surface area (Å²) in [6.07, 6.45) is 0.119. The molecule has 2 aromatic carbocycles. The van der Waals surface area contributed by atoms with Crippen LogP contribution in [0.1, 0.15) is 6.42 Å². The Labute approximate surface area is 137 Å². The minimum atomic E-state index is -0.469. The minimum Gasteiger partial charge on any atom is -0.324 e. The molecular weight excluding hydrogens is 319 g/mol. The Balaban J connectivity index is 1.71. The molecule has 1 fully saturated rings. The van der Waals surface area contributed by atoms with Gasteiger partial charge in [-0.3, -0.25) is 9.59 Å². The number of nitrogens with one attached hydrogen (secondary N) is 1. The van der Waals surface area contributed by atoms with Crippen LogP contribution in [0.5, 0.6) is 0 Å². The van der Waals surface area contributed by atoms with Crippen LogP contribution in [-0.4, -0.2) is 18.4 Å². The first-order valence-electron chi connectivity index (χ1n) is 7.16. The molecule has 2 amide bonds. The average molecular weight is 333 g/mol. The molecule has 1 heterocycles. The van der Waals surface area contributed by atoms with Gasteiger partial charge in [0, 0.05) is 18.7 Å². The standard InChI is InChI=1S/C17H14ClFN2O2/c18-14-3-1-2-4-15(14)20-17(23)11-9-16(22)21(10-11)13-7-5-12(19)6-8-13/h1-8,11H,9-10H2,(H,20,23)/t11-/m1/s1. The summed E-state index contributed by atoms with van der Waals surface area (Å²) in [4.78, 5) is 26.0. The molecule has 1 aliphatic rings. The number of carbonyl (C=O) groups excluding carboxylic acids is 2. The molecule has 4 nitrogen and oxygen atoms in total. The van der Waals surface area contributed by atoms with Crippen molar-refractivity contribution in [1.82, 2.24) is 0 Å². The predicted molar refractivity (Wildman–Crippen MR) is 86.9 cm³/mol. The highest BCUT2D eigenvalue weighted by atomic mass is 35.5. The van der Waals surface area contributed by atoms with Crippen molar-refractivity contribution >= 4 is 34.8 Å². The zero-order chi connectivity index (χ0) is 16.4. The van der Waals surface area contributed by atoms with Gasteiger partial charge in [-0.2, -0.15) is 0 Å². The molecule has 0 aliphatic carbocycles. The Morgan fingerprint density at radius 1 is 1.17 bits per heavy atom. The minimum absolute atomic E-state index is 0.119. The lowest BCUT2D eigenvalue weighted by Gasteiger charge is -2.16. The highest BCUT2D eigenvalue weighted by Crippen LogP contribution is 2.27. The van der Waals surface area contributed by atoms with E-state index in [1.165, 1.54) is 29.2 Å². The van der Waals surface area contributed by atoms with E-state index >= 15 is 0 Å². The summed E-state index contributed by atoms with van der Waals surface area (Å²) in [5.41, 5.74) is 1.11. The highest BCUT2D eigenvalue weighted by Gasteiger charge is 2.35. The molecule has 0 aromatic heterocycles. The van der Waals surface area contributed by atoms with Crippen molar-refractivity contribution in [3.05, 3.63) is 59.4 Å². The van der Waals surface area contributed by atoms with Gasteiger partial charge in [-0.05, 0) is 36.4 Å². The van der Waals surface area contributed by atoms with Crippen molar-refractivity contribution in [2.75, 3.05) is 16.8 Å². The fourth-order valence-corrected chi connectivity index (χ4v) is 2.73. The van der Waals surface area contributed by atoms with E-state index in [0.717, 1.165) is 0 Å². The topological polar surface area (TPSA) is 49.4 Å². The number of para-hydroxylation sites is 1. The van der Waals surface area contributed by atoms with E-state index in [2.05, 4.69) is 5.32 Å². The van der Waals surface area contributed by atoms with Crippen LogP contribution in [0.4, 0.5) is 15.8 Å². The lowest BCUT2D eigenvalue weighted by Crippen LogP contribution is -2.28. The molecule has 2 aromatic rings. The monoisotopic (exact) mass is 332 g/mol. The molecule has 0 spiro atoms. The van der Waals surface area contributed by atoms with Crippen LogP contribution in [0.25, 0.3) is 0 Å². The molecule has 0 radical (unpaired) electrons. The van der Waals surface area contributed by atoms with Crippen LogP contribution in [0, 0.1) is 11.7 Å². The Morgan fingerprint density at radius 2 is 1.87 bits per heavy atom. The first-order chi connectivity index (χ1) is 11.0. The molecule has 0 bridgehead atoms. The average Bonchev–Trinajstić information content (AvgIpc) is 2.92. The quantitative estimate of drug-likeness (QED) is 0.935. The lowest BCUT2D eigenvalue weighted by atomic mass is 10.1. The summed E-state index contributed by atoms with van der Waals surface area (Å²) in [7, 11) is 0. The number of rotatable bonds is 3. The molecule has 1 N–H and O–H groups in total. The van der Waals surface area contributed by atoms with Crippen LogP contribution in [0.15, 0.2) is 48.5 Å². The maximum absolute atomic E-state index is 13.0. The van der Waals surface area contributed by atoms with Crippen LogP contribution in [0.3, 0.4) is 0 Å². The van der Waals surface area contributed by atoms with Gasteiger partial charge in [0.2, 0.25) is 11.8 Å². The second kappa shape index (κ2) is 6.38. The van der Waals surface area contributed by atoms with Crippen molar-refractivity contribution in [1.29, 1.82) is 0 Å². The Morgan fingerprint density at radius 3 is 2.57 bits per heavy atom. The summed E-state index contributed by atoms with van der Waals surface area (Å²) in [5.74, 6) is -1.25. The van der Waals surface area contributed by atoms with Crippen molar-refractivity contribution in [2.24, 2.45) is 5.92 Å². The molecule has 0 saturated carbocycles. The third-order valence-corrected chi connectivity index (χ3v) is 4.10. The SMILES string of the molecule is O=C(Nc1ccccc1Cl)[C@@H]1CC(=O)N(c2ccc(F)cc2)C1. The van der Waals surface area contributed by atoms with Crippen LogP contribution in [-0.2, 0) is 9.59 Å². The van der Waals surface area contributed by atoms with Gasteiger partial charge in [-0.25, -0.2) is 4.39 Å². The molecule has 1 saturated heterocycles. The van der Waals surface area contributed by atoms with E-state index in [1.807, 2.05) is 0 Å². The molecule has 3 rings (SSSR count). The van der Waals surface area contributed by atoms with Crippen molar-refractivity contribution in [3.63, 3.8) is 0 Å². The second-order valence-electron chi connectivity index (χ2n) is 5.35. The van der Waals surface area contributed by atoms with Crippen LogP contribution in [0.2, 0.25) is 5.02 Å². The maximum atomic E-state index is 13.0. The number of amides is 2. The van der Waals surface area contributed by atoms with Crippen LogP contribution < -0.4 is 10.2 Å².